The summed E-state index contributed by atoms with van der Waals surface area (Å²) in [5.74, 6) is 5.06. The van der Waals surface area contributed by atoms with E-state index in [1.165, 1.54) is 6.42 Å². The van der Waals surface area contributed by atoms with Gasteiger partial charge in [0.1, 0.15) is 0 Å². The van der Waals surface area contributed by atoms with Gasteiger partial charge in [-0.25, -0.2) is 0 Å². The minimum Gasteiger partial charge on any atom is -0.381 e. The van der Waals surface area contributed by atoms with Crippen molar-refractivity contribution < 1.29 is 4.74 Å². The first-order valence-electron chi connectivity index (χ1n) is 3.93. The number of hydrogen-bond donors (Lipinski definition) is 2. The standard InChI is InChI=1S/C7H18N2O/c1-2-3-6-10-7-4-5-9-8/h9H,2-8H2,1H3. The lowest BCUT2D eigenvalue weighted by Gasteiger charge is -2.01. The number of rotatable bonds is 7. The molecule has 0 saturated carbocycles. The summed E-state index contributed by atoms with van der Waals surface area (Å²) in [5.41, 5.74) is 2.58. The molecule has 0 aliphatic heterocycles. The molecule has 0 bridgehead atoms. The van der Waals surface area contributed by atoms with Gasteiger partial charge in [0.15, 0.2) is 0 Å². The van der Waals surface area contributed by atoms with Gasteiger partial charge in [-0.3, -0.25) is 11.3 Å². The summed E-state index contributed by atoms with van der Waals surface area (Å²) in [6.45, 7) is 4.71. The van der Waals surface area contributed by atoms with Crippen LogP contribution in [0.2, 0.25) is 0 Å². The van der Waals surface area contributed by atoms with Crippen LogP contribution in [0.25, 0.3) is 0 Å². The maximum Gasteiger partial charge on any atom is 0.0478 e. The molecule has 0 atom stereocenters. The summed E-state index contributed by atoms with van der Waals surface area (Å²) in [4.78, 5) is 0. The topological polar surface area (TPSA) is 47.3 Å². The highest BCUT2D eigenvalue weighted by Gasteiger charge is 1.86. The fourth-order valence-corrected chi connectivity index (χ4v) is 0.625. The number of hydrazine groups is 1. The van der Waals surface area contributed by atoms with E-state index < -0.39 is 0 Å². The normalized spacial score (nSPS) is 10.2. The van der Waals surface area contributed by atoms with Crippen molar-refractivity contribution in [2.45, 2.75) is 26.2 Å². The van der Waals surface area contributed by atoms with Crippen LogP contribution in [0.5, 0.6) is 0 Å². The molecule has 0 radical (unpaired) electrons. The van der Waals surface area contributed by atoms with Gasteiger partial charge in [-0.15, -0.1) is 0 Å². The average molecular weight is 146 g/mol. The maximum atomic E-state index is 5.28. The fraction of sp³-hybridized carbons (Fsp3) is 1.00. The van der Waals surface area contributed by atoms with Crippen LogP contribution < -0.4 is 11.3 Å². The van der Waals surface area contributed by atoms with Crippen molar-refractivity contribution >= 4 is 0 Å². The van der Waals surface area contributed by atoms with Crippen LogP contribution in [0.4, 0.5) is 0 Å². The van der Waals surface area contributed by atoms with Crippen LogP contribution >= 0.6 is 0 Å². The molecule has 3 N–H and O–H groups in total. The summed E-state index contributed by atoms with van der Waals surface area (Å²) in [6, 6.07) is 0. The van der Waals surface area contributed by atoms with Crippen LogP contribution in [0.1, 0.15) is 26.2 Å². The van der Waals surface area contributed by atoms with Gasteiger partial charge in [-0.05, 0) is 12.8 Å². The molecule has 0 fully saturated rings. The summed E-state index contributed by atoms with van der Waals surface area (Å²) < 4.78 is 5.28. The van der Waals surface area contributed by atoms with Crippen molar-refractivity contribution in [2.24, 2.45) is 5.84 Å². The molecule has 3 nitrogen and oxygen atoms in total. The van der Waals surface area contributed by atoms with Crippen LogP contribution in [0, 0.1) is 0 Å². The lowest BCUT2D eigenvalue weighted by molar-refractivity contribution is 0.129. The number of ether oxygens (including phenoxy) is 1. The van der Waals surface area contributed by atoms with Gasteiger partial charge >= 0.3 is 0 Å². The second kappa shape index (κ2) is 8.88. The molecule has 3 heteroatoms. The lowest BCUT2D eigenvalue weighted by Crippen LogP contribution is -2.23. The van der Waals surface area contributed by atoms with Gasteiger partial charge in [0.05, 0.1) is 0 Å². The smallest absolute Gasteiger partial charge is 0.0478 e. The number of nitrogens with two attached hydrogens (primary N) is 1. The SMILES string of the molecule is CCCCOCCCNN. The van der Waals surface area contributed by atoms with Crippen molar-refractivity contribution in [3.8, 4) is 0 Å². The molecule has 0 unspecified atom stereocenters. The maximum absolute atomic E-state index is 5.28. The molecule has 0 aromatic carbocycles. The molecular weight excluding hydrogens is 128 g/mol. The molecule has 0 spiro atoms. The highest BCUT2D eigenvalue weighted by molar-refractivity contribution is 4.38. The third-order valence-electron chi connectivity index (χ3n) is 1.25. The summed E-state index contributed by atoms with van der Waals surface area (Å²) in [7, 11) is 0. The first-order valence-corrected chi connectivity index (χ1v) is 3.93. The van der Waals surface area contributed by atoms with Crippen molar-refractivity contribution in [1.82, 2.24) is 5.43 Å². The van der Waals surface area contributed by atoms with E-state index in [4.69, 9.17) is 10.6 Å². The Balaban J connectivity index is 2.65. The van der Waals surface area contributed by atoms with Gasteiger partial charge < -0.3 is 4.74 Å². The van der Waals surface area contributed by atoms with Gasteiger partial charge in [0, 0.05) is 19.8 Å². The summed E-state index contributed by atoms with van der Waals surface area (Å²) in [6.07, 6.45) is 3.37. The Bertz CT molecular complexity index is 51.6. The van der Waals surface area contributed by atoms with Gasteiger partial charge in [0.2, 0.25) is 0 Å². The van der Waals surface area contributed by atoms with E-state index in [-0.39, 0.29) is 0 Å². The second-order valence-corrected chi connectivity index (χ2v) is 2.27. The Morgan fingerprint density at radius 2 is 2.00 bits per heavy atom. The van der Waals surface area contributed by atoms with E-state index >= 15 is 0 Å². The zero-order chi connectivity index (χ0) is 7.66. The molecule has 0 saturated heterocycles. The Labute approximate surface area is 62.9 Å². The van der Waals surface area contributed by atoms with Crippen LogP contribution in [-0.2, 0) is 4.74 Å². The monoisotopic (exact) mass is 146 g/mol. The molecule has 0 aliphatic rings. The molecule has 62 valence electrons. The van der Waals surface area contributed by atoms with Gasteiger partial charge in [-0.2, -0.15) is 0 Å². The van der Waals surface area contributed by atoms with Crippen LogP contribution in [-0.4, -0.2) is 19.8 Å². The fourth-order valence-electron chi connectivity index (χ4n) is 0.625. The van der Waals surface area contributed by atoms with E-state index in [1.807, 2.05) is 0 Å². The second-order valence-electron chi connectivity index (χ2n) is 2.27. The quantitative estimate of drug-likeness (QED) is 0.315. The third-order valence-corrected chi connectivity index (χ3v) is 1.25. The van der Waals surface area contributed by atoms with Crippen LogP contribution in [0.15, 0.2) is 0 Å². The minimum atomic E-state index is 0.824. The average Bonchev–Trinajstić information content (AvgIpc) is 1.97. The Hall–Kier alpha value is -0.120. The van der Waals surface area contributed by atoms with Crippen molar-refractivity contribution in [2.75, 3.05) is 19.8 Å². The Kier molecular flexibility index (Phi) is 8.77. The Morgan fingerprint density at radius 3 is 2.60 bits per heavy atom. The zero-order valence-corrected chi connectivity index (χ0v) is 6.73. The molecule has 0 rings (SSSR count). The van der Waals surface area contributed by atoms with Crippen molar-refractivity contribution in [3.05, 3.63) is 0 Å². The first-order chi connectivity index (χ1) is 4.91. The van der Waals surface area contributed by atoms with E-state index in [1.54, 1.807) is 0 Å². The van der Waals surface area contributed by atoms with Gasteiger partial charge in [-0.1, -0.05) is 13.3 Å². The van der Waals surface area contributed by atoms with Crippen molar-refractivity contribution in [1.29, 1.82) is 0 Å². The van der Waals surface area contributed by atoms with Crippen molar-refractivity contribution in [3.63, 3.8) is 0 Å². The minimum absolute atomic E-state index is 0.824. The highest BCUT2D eigenvalue weighted by Crippen LogP contribution is 1.88. The van der Waals surface area contributed by atoms with Crippen LogP contribution in [0.3, 0.4) is 0 Å². The van der Waals surface area contributed by atoms with E-state index in [9.17, 15) is 0 Å². The summed E-state index contributed by atoms with van der Waals surface area (Å²) in [5, 5.41) is 0. The molecule has 0 aromatic rings. The predicted octanol–water partition coefficient (Wildman–Crippen LogP) is 0.657. The predicted molar refractivity (Wildman–Crippen MR) is 42.5 cm³/mol. The first kappa shape index (κ1) is 9.88. The summed E-state index contributed by atoms with van der Waals surface area (Å²) >= 11 is 0. The largest absolute Gasteiger partial charge is 0.381 e. The molecule has 0 amide bonds. The van der Waals surface area contributed by atoms with E-state index in [2.05, 4.69) is 12.3 Å². The zero-order valence-electron chi connectivity index (χ0n) is 6.73. The number of hydrogen-bond acceptors (Lipinski definition) is 3. The molecule has 0 aliphatic carbocycles. The molecule has 0 aromatic heterocycles. The van der Waals surface area contributed by atoms with E-state index in [0.717, 1.165) is 32.6 Å². The Morgan fingerprint density at radius 1 is 1.30 bits per heavy atom. The number of unbranched alkanes of at least 4 members (excludes halogenated alkanes) is 1. The van der Waals surface area contributed by atoms with Gasteiger partial charge in [0.25, 0.3) is 0 Å². The van der Waals surface area contributed by atoms with E-state index in [0.29, 0.717) is 0 Å². The number of nitrogens with one attached hydrogen (secondary N) is 1. The highest BCUT2D eigenvalue weighted by atomic mass is 16.5. The lowest BCUT2D eigenvalue weighted by atomic mass is 10.4. The molecule has 10 heavy (non-hydrogen) atoms. The molecular formula is C7H18N2O. The third kappa shape index (κ3) is 7.88. The molecule has 0 heterocycles.